The Morgan fingerprint density at radius 1 is 1.19 bits per heavy atom. The van der Waals surface area contributed by atoms with Crippen LogP contribution in [0.1, 0.15) is 5.69 Å². The maximum Gasteiger partial charge on any atom is 0.230 e. The number of aromatic nitrogens is 2. The third kappa shape index (κ3) is 3.01. The summed E-state index contributed by atoms with van der Waals surface area (Å²) in [6.07, 6.45) is 3.89. The second-order valence-electron chi connectivity index (χ2n) is 4.52. The molecule has 21 heavy (non-hydrogen) atoms. The molecule has 1 amide bonds. The van der Waals surface area contributed by atoms with Gasteiger partial charge in [-0.3, -0.25) is 4.79 Å². The zero-order valence-corrected chi connectivity index (χ0v) is 12.4. The molecule has 0 aliphatic heterocycles. The smallest absolute Gasteiger partial charge is 0.230 e. The Morgan fingerprint density at radius 3 is 2.86 bits per heavy atom. The number of pyridine rings is 1. The highest BCUT2D eigenvalue weighted by atomic mass is 35.5. The van der Waals surface area contributed by atoms with E-state index in [1.54, 1.807) is 18.2 Å². The summed E-state index contributed by atoms with van der Waals surface area (Å²) in [5.74, 6) is -0.192. The molecule has 0 aliphatic carbocycles. The summed E-state index contributed by atoms with van der Waals surface area (Å²) in [5, 5.41) is 3.48. The van der Waals surface area contributed by atoms with Gasteiger partial charge in [-0.2, -0.15) is 0 Å². The molecule has 4 nitrogen and oxygen atoms in total. The number of hydrogen-bond donors (Lipinski definition) is 1. The van der Waals surface area contributed by atoms with Gasteiger partial charge in [0.05, 0.1) is 27.8 Å². The zero-order valence-electron chi connectivity index (χ0n) is 10.9. The summed E-state index contributed by atoms with van der Waals surface area (Å²) in [4.78, 5) is 16.4. The van der Waals surface area contributed by atoms with Gasteiger partial charge in [0.15, 0.2) is 0 Å². The Kier molecular flexibility index (Phi) is 3.82. The molecule has 0 radical (unpaired) electrons. The first-order valence-electron chi connectivity index (χ1n) is 6.30. The molecule has 1 N–H and O–H groups in total. The van der Waals surface area contributed by atoms with Crippen molar-refractivity contribution in [1.82, 2.24) is 9.38 Å². The fourth-order valence-corrected chi connectivity index (χ4v) is 2.38. The highest BCUT2D eigenvalue weighted by Crippen LogP contribution is 2.29. The van der Waals surface area contributed by atoms with E-state index in [0.29, 0.717) is 21.4 Å². The van der Waals surface area contributed by atoms with Crippen LogP contribution in [0.4, 0.5) is 5.69 Å². The van der Waals surface area contributed by atoms with Crippen molar-refractivity contribution < 1.29 is 4.79 Å². The Morgan fingerprint density at radius 2 is 2.05 bits per heavy atom. The van der Waals surface area contributed by atoms with Gasteiger partial charge in [-0.05, 0) is 24.3 Å². The van der Waals surface area contributed by atoms with Gasteiger partial charge in [0.1, 0.15) is 5.65 Å². The molecule has 0 bridgehead atoms. The molecule has 1 aromatic carbocycles. The maximum absolute atomic E-state index is 12.1. The number of nitrogens with one attached hydrogen (secondary N) is 1. The number of rotatable bonds is 3. The van der Waals surface area contributed by atoms with Crippen LogP contribution >= 0.6 is 23.2 Å². The summed E-state index contributed by atoms with van der Waals surface area (Å²) in [7, 11) is 0. The van der Waals surface area contributed by atoms with Crippen LogP contribution in [-0.2, 0) is 11.2 Å². The molecule has 0 spiro atoms. The molecule has 3 rings (SSSR count). The Labute approximate surface area is 131 Å². The van der Waals surface area contributed by atoms with Crippen LogP contribution in [0.25, 0.3) is 5.65 Å². The normalized spacial score (nSPS) is 10.8. The van der Waals surface area contributed by atoms with E-state index in [-0.39, 0.29) is 12.3 Å². The number of hydrogen-bond acceptors (Lipinski definition) is 2. The molecule has 0 fully saturated rings. The molecule has 0 saturated heterocycles. The maximum atomic E-state index is 12.1. The van der Waals surface area contributed by atoms with Crippen molar-refractivity contribution in [2.75, 3.05) is 5.32 Å². The number of benzene rings is 1. The van der Waals surface area contributed by atoms with E-state index in [1.807, 2.05) is 35.0 Å². The summed E-state index contributed by atoms with van der Waals surface area (Å²) < 4.78 is 1.87. The number of imidazole rings is 1. The van der Waals surface area contributed by atoms with E-state index in [4.69, 9.17) is 23.2 Å². The van der Waals surface area contributed by atoms with Gasteiger partial charge in [-0.15, -0.1) is 0 Å². The fraction of sp³-hybridized carbons (Fsp3) is 0.0667. The van der Waals surface area contributed by atoms with Crippen molar-refractivity contribution in [3.8, 4) is 0 Å². The van der Waals surface area contributed by atoms with Gasteiger partial charge in [0, 0.05) is 12.4 Å². The molecule has 0 aliphatic rings. The summed E-state index contributed by atoms with van der Waals surface area (Å²) in [6, 6.07) is 10.8. The summed E-state index contributed by atoms with van der Waals surface area (Å²) >= 11 is 12.0. The van der Waals surface area contributed by atoms with Crippen molar-refractivity contribution in [2.24, 2.45) is 0 Å². The quantitative estimate of drug-likeness (QED) is 0.797. The molecule has 0 unspecified atom stereocenters. The second-order valence-corrected chi connectivity index (χ2v) is 5.31. The van der Waals surface area contributed by atoms with Crippen LogP contribution in [0.15, 0.2) is 48.8 Å². The molecular formula is C15H11Cl2N3O. The molecule has 2 heterocycles. The van der Waals surface area contributed by atoms with Gasteiger partial charge in [0.25, 0.3) is 0 Å². The molecule has 106 valence electrons. The minimum atomic E-state index is -0.192. The van der Waals surface area contributed by atoms with Crippen molar-refractivity contribution in [3.05, 3.63) is 64.5 Å². The lowest BCUT2D eigenvalue weighted by molar-refractivity contribution is -0.115. The highest BCUT2D eigenvalue weighted by molar-refractivity contribution is 6.43. The Bertz CT molecular complexity index is 781. The van der Waals surface area contributed by atoms with Gasteiger partial charge >= 0.3 is 0 Å². The highest BCUT2D eigenvalue weighted by Gasteiger charge is 2.11. The SMILES string of the molecule is O=C(Cc1cn2ccccc2n1)Nc1cccc(Cl)c1Cl. The number of anilines is 1. The minimum absolute atomic E-state index is 0.171. The van der Waals surface area contributed by atoms with Crippen LogP contribution in [0.3, 0.4) is 0 Å². The Hall–Kier alpha value is -2.04. The Balaban J connectivity index is 1.75. The number of nitrogens with zero attached hydrogens (tertiary/aromatic N) is 2. The molecule has 6 heteroatoms. The predicted octanol–water partition coefficient (Wildman–Crippen LogP) is 3.82. The first kappa shape index (κ1) is 13.9. The first-order valence-corrected chi connectivity index (χ1v) is 7.05. The molecule has 3 aromatic rings. The number of amides is 1. The van der Waals surface area contributed by atoms with Gasteiger partial charge in [-0.1, -0.05) is 35.3 Å². The third-order valence-corrected chi connectivity index (χ3v) is 3.80. The van der Waals surface area contributed by atoms with E-state index in [2.05, 4.69) is 10.3 Å². The van der Waals surface area contributed by atoms with Crippen LogP contribution in [0, 0.1) is 0 Å². The van der Waals surface area contributed by atoms with Crippen molar-refractivity contribution in [3.63, 3.8) is 0 Å². The van der Waals surface area contributed by atoms with E-state index >= 15 is 0 Å². The van der Waals surface area contributed by atoms with Gasteiger partial charge in [0.2, 0.25) is 5.91 Å². The average molecular weight is 320 g/mol. The van der Waals surface area contributed by atoms with Crippen LogP contribution in [0.2, 0.25) is 10.0 Å². The molecule has 2 aromatic heterocycles. The van der Waals surface area contributed by atoms with E-state index < -0.39 is 0 Å². The summed E-state index contributed by atoms with van der Waals surface area (Å²) in [6.45, 7) is 0. The van der Waals surface area contributed by atoms with Crippen LogP contribution < -0.4 is 5.32 Å². The first-order chi connectivity index (χ1) is 10.1. The predicted molar refractivity (Wildman–Crippen MR) is 84.0 cm³/mol. The number of halogens is 2. The van der Waals surface area contributed by atoms with Crippen molar-refractivity contribution >= 4 is 40.4 Å². The number of fused-ring (bicyclic) bond motifs is 1. The minimum Gasteiger partial charge on any atom is -0.324 e. The lowest BCUT2D eigenvalue weighted by Gasteiger charge is -2.07. The molecule has 0 atom stereocenters. The van der Waals surface area contributed by atoms with Gasteiger partial charge in [-0.25, -0.2) is 4.98 Å². The third-order valence-electron chi connectivity index (χ3n) is 2.98. The zero-order chi connectivity index (χ0) is 14.8. The topological polar surface area (TPSA) is 46.4 Å². The summed E-state index contributed by atoms with van der Waals surface area (Å²) in [5.41, 5.74) is 2.00. The lowest BCUT2D eigenvalue weighted by atomic mass is 10.3. The monoisotopic (exact) mass is 319 g/mol. The largest absolute Gasteiger partial charge is 0.324 e. The van der Waals surface area contributed by atoms with E-state index in [0.717, 1.165) is 5.65 Å². The van der Waals surface area contributed by atoms with E-state index in [9.17, 15) is 4.79 Å². The van der Waals surface area contributed by atoms with E-state index in [1.165, 1.54) is 0 Å². The molecule has 0 saturated carbocycles. The van der Waals surface area contributed by atoms with Crippen LogP contribution in [-0.4, -0.2) is 15.3 Å². The second kappa shape index (κ2) is 5.76. The number of carbonyl (C=O) groups excluding carboxylic acids is 1. The standard InChI is InChI=1S/C15H11Cl2N3O/c16-11-4-3-5-12(15(11)17)19-14(21)8-10-9-20-7-2-1-6-13(20)18-10/h1-7,9H,8H2,(H,19,21). The van der Waals surface area contributed by atoms with Gasteiger partial charge < -0.3 is 9.72 Å². The molecular weight excluding hydrogens is 309 g/mol. The fourth-order valence-electron chi connectivity index (χ4n) is 2.03. The average Bonchev–Trinajstić information content (AvgIpc) is 2.86. The van der Waals surface area contributed by atoms with Crippen LogP contribution in [0.5, 0.6) is 0 Å². The van der Waals surface area contributed by atoms with Crippen molar-refractivity contribution in [2.45, 2.75) is 6.42 Å². The lowest BCUT2D eigenvalue weighted by Crippen LogP contribution is -2.14. The van der Waals surface area contributed by atoms with Crippen molar-refractivity contribution in [1.29, 1.82) is 0 Å². The number of carbonyl (C=O) groups is 1.